The number of benzene rings is 1. The van der Waals surface area contributed by atoms with Gasteiger partial charge in [0.2, 0.25) is 0 Å². The summed E-state index contributed by atoms with van der Waals surface area (Å²) in [4.78, 5) is 10.6. The van der Waals surface area contributed by atoms with Crippen LogP contribution >= 0.6 is 0 Å². The molecule has 0 aliphatic rings. The number of hydrogen-bond donors (Lipinski definition) is 1. The van der Waals surface area contributed by atoms with Gasteiger partial charge in [-0.1, -0.05) is 12.1 Å². The molecule has 0 amide bonds. The average Bonchev–Trinajstić information content (AvgIpc) is 2.80. The van der Waals surface area contributed by atoms with Gasteiger partial charge in [-0.05, 0) is 17.7 Å². The van der Waals surface area contributed by atoms with E-state index in [0.29, 0.717) is 0 Å². The van der Waals surface area contributed by atoms with Gasteiger partial charge in [0.25, 0.3) is 0 Å². The second-order valence-corrected chi connectivity index (χ2v) is 3.01. The van der Waals surface area contributed by atoms with Crippen molar-refractivity contribution in [3.63, 3.8) is 0 Å². The van der Waals surface area contributed by atoms with Crippen LogP contribution in [0.4, 0.5) is 0 Å². The van der Waals surface area contributed by atoms with Crippen molar-refractivity contribution < 1.29 is 9.90 Å². The average molecular weight is 216 g/mol. The maximum Gasteiger partial charge on any atom is 0.335 e. The Hall–Kier alpha value is -2.50. The number of nitrogens with zero attached hydrogens (tertiary/aromatic N) is 4. The van der Waals surface area contributed by atoms with E-state index in [1.165, 1.54) is 29.5 Å². The standard InChI is InChI=1S/C10H8N4O2/c15-10(16)9-3-1-8(2-4-9)5-13-14-6-11-12-7-14/h1-7H,(H,15,16)/b13-5+. The second kappa shape index (κ2) is 4.35. The van der Waals surface area contributed by atoms with Crippen molar-refractivity contribution in [2.75, 3.05) is 0 Å². The number of carboxylic acids is 1. The molecule has 0 fully saturated rings. The van der Waals surface area contributed by atoms with Crippen molar-refractivity contribution >= 4 is 12.2 Å². The predicted octanol–water partition coefficient (Wildman–Crippen LogP) is 0.858. The van der Waals surface area contributed by atoms with Crippen LogP contribution in [-0.2, 0) is 0 Å². The smallest absolute Gasteiger partial charge is 0.335 e. The third kappa shape index (κ3) is 2.30. The van der Waals surface area contributed by atoms with E-state index in [2.05, 4.69) is 15.3 Å². The molecule has 0 saturated heterocycles. The molecule has 80 valence electrons. The maximum atomic E-state index is 10.6. The zero-order chi connectivity index (χ0) is 11.4. The van der Waals surface area contributed by atoms with Gasteiger partial charge in [0.05, 0.1) is 11.8 Å². The maximum absolute atomic E-state index is 10.6. The van der Waals surface area contributed by atoms with E-state index < -0.39 is 5.97 Å². The Bertz CT molecular complexity index is 502. The quantitative estimate of drug-likeness (QED) is 0.771. The van der Waals surface area contributed by atoms with Gasteiger partial charge < -0.3 is 5.11 Å². The van der Waals surface area contributed by atoms with Crippen molar-refractivity contribution in [2.45, 2.75) is 0 Å². The number of carbonyl (C=O) groups is 1. The molecule has 6 nitrogen and oxygen atoms in total. The molecule has 0 spiro atoms. The van der Waals surface area contributed by atoms with Crippen LogP contribution in [0.5, 0.6) is 0 Å². The number of aromatic carboxylic acids is 1. The van der Waals surface area contributed by atoms with Gasteiger partial charge in [0.15, 0.2) is 0 Å². The van der Waals surface area contributed by atoms with E-state index in [1.54, 1.807) is 18.3 Å². The van der Waals surface area contributed by atoms with Gasteiger partial charge >= 0.3 is 5.97 Å². The van der Waals surface area contributed by atoms with Gasteiger partial charge in [-0.2, -0.15) is 5.10 Å². The summed E-state index contributed by atoms with van der Waals surface area (Å²) in [7, 11) is 0. The predicted molar refractivity (Wildman–Crippen MR) is 56.4 cm³/mol. The highest BCUT2D eigenvalue weighted by molar-refractivity contribution is 5.89. The molecule has 6 heteroatoms. The molecule has 1 N–H and O–H groups in total. The molecule has 1 heterocycles. The van der Waals surface area contributed by atoms with Crippen LogP contribution in [0.15, 0.2) is 42.0 Å². The van der Waals surface area contributed by atoms with E-state index in [9.17, 15) is 4.79 Å². The summed E-state index contributed by atoms with van der Waals surface area (Å²) in [6, 6.07) is 6.40. The first-order valence-corrected chi connectivity index (χ1v) is 4.48. The van der Waals surface area contributed by atoms with Crippen LogP contribution in [0.1, 0.15) is 15.9 Å². The van der Waals surface area contributed by atoms with Gasteiger partial charge in [0, 0.05) is 0 Å². The molecule has 0 bridgehead atoms. The summed E-state index contributed by atoms with van der Waals surface area (Å²) in [5.41, 5.74) is 1.06. The second-order valence-electron chi connectivity index (χ2n) is 3.01. The van der Waals surface area contributed by atoms with E-state index in [-0.39, 0.29) is 5.56 Å². The lowest BCUT2D eigenvalue weighted by Crippen LogP contribution is -1.96. The first-order chi connectivity index (χ1) is 7.75. The molecule has 2 aromatic rings. The topological polar surface area (TPSA) is 80.4 Å². The zero-order valence-electron chi connectivity index (χ0n) is 8.19. The lowest BCUT2D eigenvalue weighted by molar-refractivity contribution is 0.0697. The van der Waals surface area contributed by atoms with Gasteiger partial charge in [-0.25, -0.2) is 9.47 Å². The van der Waals surface area contributed by atoms with Gasteiger partial charge in [0.1, 0.15) is 12.7 Å². The fraction of sp³-hybridized carbons (Fsp3) is 0. The molecule has 16 heavy (non-hydrogen) atoms. The van der Waals surface area contributed by atoms with Crippen LogP contribution in [0.3, 0.4) is 0 Å². The number of aromatic nitrogens is 3. The highest BCUT2D eigenvalue weighted by atomic mass is 16.4. The molecule has 0 aliphatic heterocycles. The van der Waals surface area contributed by atoms with E-state index in [0.717, 1.165) is 5.56 Å². The van der Waals surface area contributed by atoms with E-state index in [4.69, 9.17) is 5.11 Å². The number of rotatable bonds is 3. The summed E-state index contributed by atoms with van der Waals surface area (Å²) in [6.45, 7) is 0. The van der Waals surface area contributed by atoms with Crippen LogP contribution in [0.2, 0.25) is 0 Å². The third-order valence-electron chi connectivity index (χ3n) is 1.90. The minimum atomic E-state index is -0.942. The summed E-state index contributed by atoms with van der Waals surface area (Å²) < 4.78 is 1.45. The van der Waals surface area contributed by atoms with Crippen LogP contribution in [-0.4, -0.2) is 32.2 Å². The van der Waals surface area contributed by atoms with Crippen LogP contribution in [0.25, 0.3) is 0 Å². The van der Waals surface area contributed by atoms with Gasteiger partial charge in [-0.3, -0.25) is 0 Å². The largest absolute Gasteiger partial charge is 0.478 e. The van der Waals surface area contributed by atoms with Crippen molar-refractivity contribution in [3.8, 4) is 0 Å². The molecule has 0 atom stereocenters. The Balaban J connectivity index is 2.14. The Morgan fingerprint density at radius 1 is 1.25 bits per heavy atom. The monoisotopic (exact) mass is 216 g/mol. The molecule has 0 saturated carbocycles. The van der Waals surface area contributed by atoms with Gasteiger partial charge in [-0.15, -0.1) is 10.2 Å². The Labute approximate surface area is 90.9 Å². The highest BCUT2D eigenvalue weighted by Gasteiger charge is 2.00. The highest BCUT2D eigenvalue weighted by Crippen LogP contribution is 2.02. The summed E-state index contributed by atoms with van der Waals surface area (Å²) in [5, 5.41) is 19.9. The minimum absolute atomic E-state index is 0.251. The lowest BCUT2D eigenvalue weighted by Gasteiger charge is -1.95. The third-order valence-corrected chi connectivity index (χ3v) is 1.90. The Morgan fingerprint density at radius 2 is 1.88 bits per heavy atom. The van der Waals surface area contributed by atoms with Crippen molar-refractivity contribution in [2.24, 2.45) is 5.10 Å². The minimum Gasteiger partial charge on any atom is -0.478 e. The first kappa shape index (κ1) is 10.0. The molecule has 1 aromatic carbocycles. The molecule has 2 rings (SSSR count). The number of hydrogen-bond acceptors (Lipinski definition) is 4. The molecular weight excluding hydrogens is 208 g/mol. The molecule has 0 unspecified atom stereocenters. The van der Waals surface area contributed by atoms with E-state index in [1.807, 2.05) is 0 Å². The lowest BCUT2D eigenvalue weighted by atomic mass is 10.1. The molecular formula is C10H8N4O2. The molecule has 0 aliphatic carbocycles. The first-order valence-electron chi connectivity index (χ1n) is 4.48. The van der Waals surface area contributed by atoms with Crippen LogP contribution in [0, 0.1) is 0 Å². The summed E-state index contributed by atoms with van der Waals surface area (Å²) in [6.07, 6.45) is 4.51. The SMILES string of the molecule is O=C(O)c1ccc(/C=N/n2cnnc2)cc1. The normalized spacial score (nSPS) is 10.8. The van der Waals surface area contributed by atoms with Crippen LogP contribution < -0.4 is 0 Å². The Morgan fingerprint density at radius 3 is 2.44 bits per heavy atom. The molecule has 1 aromatic heterocycles. The fourth-order valence-corrected chi connectivity index (χ4v) is 1.10. The van der Waals surface area contributed by atoms with Crippen molar-refractivity contribution in [1.82, 2.24) is 14.9 Å². The van der Waals surface area contributed by atoms with Crippen molar-refractivity contribution in [3.05, 3.63) is 48.0 Å². The zero-order valence-corrected chi connectivity index (χ0v) is 8.19. The Kier molecular flexibility index (Phi) is 2.73. The summed E-state index contributed by atoms with van der Waals surface area (Å²) in [5.74, 6) is -0.942. The molecule has 0 radical (unpaired) electrons. The van der Waals surface area contributed by atoms with E-state index >= 15 is 0 Å². The fourth-order valence-electron chi connectivity index (χ4n) is 1.10. The summed E-state index contributed by atoms with van der Waals surface area (Å²) >= 11 is 0. The van der Waals surface area contributed by atoms with Crippen molar-refractivity contribution in [1.29, 1.82) is 0 Å². The number of carboxylic acid groups (broad SMARTS) is 1.